The van der Waals surface area contributed by atoms with E-state index in [0.717, 1.165) is 29.3 Å². The van der Waals surface area contributed by atoms with E-state index >= 15 is 0 Å². The van der Waals surface area contributed by atoms with Crippen LogP contribution in [0, 0.1) is 17.6 Å². The third-order valence-electron chi connectivity index (χ3n) is 5.80. The number of nitrogens with zero attached hydrogens (tertiary/aromatic N) is 1. The van der Waals surface area contributed by atoms with Gasteiger partial charge in [-0.15, -0.1) is 0 Å². The predicted molar refractivity (Wildman–Crippen MR) is 114 cm³/mol. The number of sulfonamides is 1. The number of piperidine rings is 1. The Bertz CT molecular complexity index is 1130. The molecule has 2 aromatic carbocycles. The van der Waals surface area contributed by atoms with E-state index in [2.05, 4.69) is 5.32 Å². The van der Waals surface area contributed by atoms with Crippen molar-refractivity contribution in [2.24, 2.45) is 5.92 Å². The van der Waals surface area contributed by atoms with Gasteiger partial charge in [0.25, 0.3) is 5.91 Å². The summed E-state index contributed by atoms with van der Waals surface area (Å²) in [5.41, 5.74) is 0.547. The molecular formula is C23H24F2N2O5S. The lowest BCUT2D eigenvalue weighted by Crippen LogP contribution is -2.42. The molecular weight excluding hydrogens is 454 g/mol. The van der Waals surface area contributed by atoms with Crippen molar-refractivity contribution in [2.75, 3.05) is 13.1 Å². The zero-order chi connectivity index (χ0) is 23.6. The van der Waals surface area contributed by atoms with Crippen LogP contribution in [0.1, 0.15) is 37.4 Å². The summed E-state index contributed by atoms with van der Waals surface area (Å²) in [6, 6.07) is 11.0. The maximum atomic E-state index is 14.0. The lowest BCUT2D eigenvalue weighted by Gasteiger charge is -2.31. The molecule has 1 heterocycles. The quantitative estimate of drug-likeness (QED) is 0.618. The average molecular weight is 479 g/mol. The Labute approximate surface area is 190 Å². The van der Waals surface area contributed by atoms with Crippen molar-refractivity contribution in [2.45, 2.75) is 42.7 Å². The molecule has 2 aliphatic rings. The van der Waals surface area contributed by atoms with Gasteiger partial charge in [0.15, 0.2) is 0 Å². The third kappa shape index (κ3) is 5.39. The molecule has 4 rings (SSSR count). The first kappa shape index (κ1) is 23.3. The third-order valence-corrected chi connectivity index (χ3v) is 7.71. The molecule has 176 valence electrons. The molecule has 1 saturated carbocycles. The summed E-state index contributed by atoms with van der Waals surface area (Å²) < 4.78 is 59.6. The fraction of sp³-hybridized carbons (Fsp3) is 0.391. The number of esters is 1. The maximum Gasteiger partial charge on any atom is 0.310 e. The van der Waals surface area contributed by atoms with Crippen LogP contribution >= 0.6 is 0 Å². The molecule has 0 bridgehead atoms. The van der Waals surface area contributed by atoms with Gasteiger partial charge in [0, 0.05) is 24.7 Å². The van der Waals surface area contributed by atoms with E-state index in [-0.39, 0.29) is 32.0 Å². The SMILES string of the molecule is O=C(OC(C(=O)NC1CC1)c1ccccc1)C1CCN(S(=O)(=O)c2cc(F)ccc2F)CC1. The Kier molecular flexibility index (Phi) is 6.76. The molecule has 1 unspecified atom stereocenters. The topological polar surface area (TPSA) is 92.8 Å². The monoisotopic (exact) mass is 478 g/mol. The summed E-state index contributed by atoms with van der Waals surface area (Å²) in [7, 11) is -4.25. The summed E-state index contributed by atoms with van der Waals surface area (Å²) in [6.45, 7) is -0.106. The van der Waals surface area contributed by atoms with E-state index in [4.69, 9.17) is 4.74 Å². The van der Waals surface area contributed by atoms with E-state index in [1.54, 1.807) is 30.3 Å². The molecule has 33 heavy (non-hydrogen) atoms. The lowest BCUT2D eigenvalue weighted by molar-refractivity contribution is -0.161. The van der Waals surface area contributed by atoms with Crippen LogP contribution in [0.25, 0.3) is 0 Å². The highest BCUT2D eigenvalue weighted by molar-refractivity contribution is 7.89. The second-order valence-electron chi connectivity index (χ2n) is 8.26. The summed E-state index contributed by atoms with van der Waals surface area (Å²) in [4.78, 5) is 24.8. The summed E-state index contributed by atoms with van der Waals surface area (Å²) >= 11 is 0. The number of amides is 1. The van der Waals surface area contributed by atoms with E-state index in [1.165, 1.54) is 0 Å². The zero-order valence-corrected chi connectivity index (χ0v) is 18.6. The van der Waals surface area contributed by atoms with Crippen molar-refractivity contribution in [3.8, 4) is 0 Å². The Morgan fingerprint density at radius 2 is 1.67 bits per heavy atom. The number of halogens is 2. The minimum Gasteiger partial charge on any atom is -0.447 e. The number of rotatable bonds is 7. The van der Waals surface area contributed by atoms with Crippen LogP contribution < -0.4 is 5.32 Å². The number of carbonyl (C=O) groups is 2. The first-order valence-corrected chi connectivity index (χ1v) is 12.2. The molecule has 0 spiro atoms. The van der Waals surface area contributed by atoms with Crippen LogP contribution in [-0.4, -0.2) is 43.7 Å². The van der Waals surface area contributed by atoms with Crippen molar-refractivity contribution >= 4 is 21.9 Å². The smallest absolute Gasteiger partial charge is 0.310 e. The van der Waals surface area contributed by atoms with E-state index < -0.39 is 50.5 Å². The highest BCUT2D eigenvalue weighted by Crippen LogP contribution is 2.29. The first-order valence-electron chi connectivity index (χ1n) is 10.8. The number of hydrogen-bond acceptors (Lipinski definition) is 5. The summed E-state index contributed by atoms with van der Waals surface area (Å²) in [5.74, 6) is -3.49. The fourth-order valence-corrected chi connectivity index (χ4v) is 5.31. The molecule has 7 nitrogen and oxygen atoms in total. The summed E-state index contributed by atoms with van der Waals surface area (Å²) in [5, 5.41) is 2.85. The van der Waals surface area contributed by atoms with Gasteiger partial charge in [-0.05, 0) is 43.9 Å². The van der Waals surface area contributed by atoms with Gasteiger partial charge in [0.2, 0.25) is 16.1 Å². The zero-order valence-electron chi connectivity index (χ0n) is 17.7. The minimum absolute atomic E-state index is 0.0532. The van der Waals surface area contributed by atoms with Gasteiger partial charge in [-0.1, -0.05) is 30.3 Å². The largest absolute Gasteiger partial charge is 0.447 e. The van der Waals surface area contributed by atoms with Gasteiger partial charge in [-0.2, -0.15) is 4.31 Å². The normalized spacial score (nSPS) is 18.5. The van der Waals surface area contributed by atoms with E-state index in [1.807, 2.05) is 0 Å². The Hall–Kier alpha value is -2.85. The van der Waals surface area contributed by atoms with Crippen molar-refractivity contribution in [3.63, 3.8) is 0 Å². The van der Waals surface area contributed by atoms with Crippen LogP contribution in [0.15, 0.2) is 53.4 Å². The van der Waals surface area contributed by atoms with Crippen molar-refractivity contribution in [3.05, 3.63) is 65.7 Å². The number of ether oxygens (including phenoxy) is 1. The molecule has 2 fully saturated rings. The van der Waals surface area contributed by atoms with Gasteiger partial charge in [-0.3, -0.25) is 9.59 Å². The molecule has 1 N–H and O–H groups in total. The lowest BCUT2D eigenvalue weighted by atomic mass is 9.98. The van der Waals surface area contributed by atoms with Crippen LogP contribution in [-0.2, 0) is 24.3 Å². The standard InChI is InChI=1S/C23H24F2N2O5S/c24-17-6-9-19(25)20(14-17)33(30,31)27-12-10-16(11-13-27)23(29)32-21(15-4-2-1-3-5-15)22(28)26-18-7-8-18/h1-6,9,14,16,18,21H,7-8,10-13H2,(H,26,28). The molecule has 0 radical (unpaired) electrons. The van der Waals surface area contributed by atoms with Crippen molar-refractivity contribution in [1.29, 1.82) is 0 Å². The highest BCUT2D eigenvalue weighted by Gasteiger charge is 2.37. The van der Waals surface area contributed by atoms with Crippen LogP contribution in [0.2, 0.25) is 0 Å². The molecule has 0 aromatic heterocycles. The van der Waals surface area contributed by atoms with Crippen molar-refractivity contribution < 1.29 is 31.5 Å². The van der Waals surface area contributed by atoms with Crippen LogP contribution in [0.5, 0.6) is 0 Å². The molecule has 1 atom stereocenters. The van der Waals surface area contributed by atoms with Gasteiger partial charge in [0.05, 0.1) is 5.92 Å². The Balaban J connectivity index is 1.41. The molecule has 1 amide bonds. The Morgan fingerprint density at radius 3 is 2.30 bits per heavy atom. The van der Waals surface area contributed by atoms with E-state index in [9.17, 15) is 26.8 Å². The maximum absolute atomic E-state index is 14.0. The first-order chi connectivity index (χ1) is 15.8. The average Bonchev–Trinajstić information content (AvgIpc) is 3.63. The number of carbonyl (C=O) groups excluding carboxylic acids is 2. The number of hydrogen-bond donors (Lipinski definition) is 1. The van der Waals surface area contributed by atoms with Crippen molar-refractivity contribution in [1.82, 2.24) is 9.62 Å². The number of nitrogens with one attached hydrogen (secondary N) is 1. The highest BCUT2D eigenvalue weighted by atomic mass is 32.2. The Morgan fingerprint density at radius 1 is 1.00 bits per heavy atom. The molecule has 2 aromatic rings. The van der Waals surface area contributed by atoms with E-state index in [0.29, 0.717) is 11.6 Å². The second kappa shape index (κ2) is 9.56. The fourth-order valence-electron chi connectivity index (χ4n) is 3.76. The number of benzene rings is 2. The van der Waals surface area contributed by atoms with Crippen LogP contribution in [0.4, 0.5) is 8.78 Å². The second-order valence-corrected chi connectivity index (χ2v) is 10.2. The predicted octanol–water partition coefficient (Wildman–Crippen LogP) is 2.93. The molecule has 1 aliphatic heterocycles. The summed E-state index contributed by atoms with van der Waals surface area (Å²) in [6.07, 6.45) is 0.962. The molecule has 10 heteroatoms. The van der Waals surface area contributed by atoms with Crippen LogP contribution in [0.3, 0.4) is 0 Å². The molecule has 1 saturated heterocycles. The van der Waals surface area contributed by atoms with Gasteiger partial charge in [0.1, 0.15) is 16.5 Å². The molecule has 1 aliphatic carbocycles. The minimum atomic E-state index is -4.25. The van der Waals surface area contributed by atoms with Gasteiger partial charge in [-0.25, -0.2) is 17.2 Å². The van der Waals surface area contributed by atoms with Gasteiger partial charge < -0.3 is 10.1 Å². The van der Waals surface area contributed by atoms with Gasteiger partial charge >= 0.3 is 5.97 Å².